The maximum Gasteiger partial charge on any atom is 0.0314 e. The molecule has 2 aromatic rings. The Morgan fingerprint density at radius 1 is 1.06 bits per heavy atom. The molecule has 0 aliphatic rings. The first-order chi connectivity index (χ1) is 8.72. The van der Waals surface area contributed by atoms with Gasteiger partial charge in [-0.2, -0.15) is 0 Å². The molecule has 3 heteroatoms. The number of nitrogens with two attached hydrogens (primary N) is 1. The van der Waals surface area contributed by atoms with Crippen molar-refractivity contribution >= 4 is 27.7 Å². The normalized spacial score (nSPS) is 12.4. The highest BCUT2D eigenvalue weighted by Gasteiger charge is 2.10. The minimum atomic E-state index is 0.108. The molecule has 0 aliphatic carbocycles. The van der Waals surface area contributed by atoms with E-state index in [1.807, 2.05) is 6.07 Å². The number of halogens is 1. The molecule has 0 spiro atoms. The molecule has 0 heterocycles. The summed E-state index contributed by atoms with van der Waals surface area (Å²) in [6.07, 6.45) is 0.952. The van der Waals surface area contributed by atoms with Crippen LogP contribution in [0.1, 0.15) is 24.9 Å². The first-order valence-electron chi connectivity index (χ1n) is 5.99. The Morgan fingerprint density at radius 3 is 2.33 bits per heavy atom. The molecule has 94 valence electrons. The molecule has 1 nitrogen and oxygen atoms in total. The van der Waals surface area contributed by atoms with E-state index in [4.69, 9.17) is 5.73 Å². The second-order valence-corrected chi connectivity index (χ2v) is 6.02. The molecule has 0 fully saturated rings. The lowest BCUT2D eigenvalue weighted by Gasteiger charge is -2.14. The molecule has 18 heavy (non-hydrogen) atoms. The van der Waals surface area contributed by atoms with Gasteiger partial charge >= 0.3 is 0 Å². The average molecular weight is 322 g/mol. The molecule has 0 bridgehead atoms. The van der Waals surface area contributed by atoms with Crippen molar-refractivity contribution in [1.29, 1.82) is 0 Å². The van der Waals surface area contributed by atoms with Gasteiger partial charge in [0.05, 0.1) is 0 Å². The summed E-state index contributed by atoms with van der Waals surface area (Å²) in [7, 11) is 0. The molecule has 0 aromatic heterocycles. The summed E-state index contributed by atoms with van der Waals surface area (Å²) < 4.78 is 1.12. The Bertz CT molecular complexity index is 527. The van der Waals surface area contributed by atoms with Crippen molar-refractivity contribution in [3.8, 4) is 0 Å². The summed E-state index contributed by atoms with van der Waals surface area (Å²) in [5.74, 6) is 0. The molecule has 0 radical (unpaired) electrons. The Hall–Kier alpha value is -0.770. The Kier molecular flexibility index (Phi) is 4.87. The highest BCUT2D eigenvalue weighted by atomic mass is 79.9. The van der Waals surface area contributed by atoms with Gasteiger partial charge in [-0.1, -0.05) is 49.0 Å². The molecule has 2 aromatic carbocycles. The van der Waals surface area contributed by atoms with Crippen molar-refractivity contribution in [1.82, 2.24) is 0 Å². The molecule has 2 N–H and O–H groups in total. The van der Waals surface area contributed by atoms with E-state index >= 15 is 0 Å². The first kappa shape index (κ1) is 13.7. The van der Waals surface area contributed by atoms with E-state index in [-0.39, 0.29) is 6.04 Å². The van der Waals surface area contributed by atoms with Gasteiger partial charge < -0.3 is 5.73 Å². The number of hydrogen-bond donors (Lipinski definition) is 1. The second kappa shape index (κ2) is 6.41. The Labute approximate surface area is 121 Å². The lowest BCUT2D eigenvalue weighted by atomic mass is 10.1. The molecule has 0 amide bonds. The monoisotopic (exact) mass is 321 g/mol. The summed E-state index contributed by atoms with van der Waals surface area (Å²) in [5.41, 5.74) is 7.38. The minimum absolute atomic E-state index is 0.108. The van der Waals surface area contributed by atoms with Crippen LogP contribution in [0.25, 0.3) is 0 Å². The quantitative estimate of drug-likeness (QED) is 0.856. The predicted octanol–water partition coefficient (Wildman–Crippen LogP) is 5.01. The maximum atomic E-state index is 6.16. The van der Waals surface area contributed by atoms with E-state index in [2.05, 4.69) is 65.3 Å². The van der Waals surface area contributed by atoms with Crippen molar-refractivity contribution in [2.24, 2.45) is 5.73 Å². The van der Waals surface area contributed by atoms with Crippen LogP contribution in [0.4, 0.5) is 0 Å². The van der Waals surface area contributed by atoms with Gasteiger partial charge in [-0.15, -0.1) is 0 Å². The van der Waals surface area contributed by atoms with Gasteiger partial charge in [0.2, 0.25) is 0 Å². The third-order valence-electron chi connectivity index (χ3n) is 2.81. The lowest BCUT2D eigenvalue weighted by molar-refractivity contribution is 0.685. The van der Waals surface area contributed by atoms with Crippen LogP contribution in [0.2, 0.25) is 0 Å². The zero-order chi connectivity index (χ0) is 13.0. The predicted molar refractivity (Wildman–Crippen MR) is 81.9 cm³/mol. The first-order valence-corrected chi connectivity index (χ1v) is 7.60. The van der Waals surface area contributed by atoms with Crippen LogP contribution in [0.5, 0.6) is 0 Å². The van der Waals surface area contributed by atoms with E-state index in [9.17, 15) is 0 Å². The standard InChI is InChI=1S/C15H16BrNS/c1-2-13(17)11-7-3-5-9-14(11)18-15-10-6-4-8-12(15)16/h3-10,13H,2,17H2,1H3/t13-/m1/s1. The minimum Gasteiger partial charge on any atom is -0.324 e. The van der Waals surface area contributed by atoms with Crippen molar-refractivity contribution in [2.75, 3.05) is 0 Å². The summed E-state index contributed by atoms with van der Waals surface area (Å²) in [5, 5.41) is 0. The summed E-state index contributed by atoms with van der Waals surface area (Å²) >= 11 is 5.34. The van der Waals surface area contributed by atoms with Gasteiger partial charge in [0.15, 0.2) is 0 Å². The van der Waals surface area contributed by atoms with Gasteiger partial charge in [0.1, 0.15) is 0 Å². The van der Waals surface area contributed by atoms with Crippen LogP contribution in [0.3, 0.4) is 0 Å². The molecular weight excluding hydrogens is 306 g/mol. The zero-order valence-corrected chi connectivity index (χ0v) is 12.7. The average Bonchev–Trinajstić information content (AvgIpc) is 2.41. The zero-order valence-electron chi connectivity index (χ0n) is 10.3. The van der Waals surface area contributed by atoms with E-state index in [1.165, 1.54) is 15.4 Å². The molecule has 2 rings (SSSR count). The van der Waals surface area contributed by atoms with E-state index in [0.29, 0.717) is 0 Å². The molecule has 0 aliphatic heterocycles. The van der Waals surface area contributed by atoms with Crippen LogP contribution >= 0.6 is 27.7 Å². The van der Waals surface area contributed by atoms with E-state index < -0.39 is 0 Å². The Balaban J connectivity index is 2.32. The van der Waals surface area contributed by atoms with Crippen molar-refractivity contribution < 1.29 is 0 Å². The van der Waals surface area contributed by atoms with Crippen LogP contribution in [0, 0.1) is 0 Å². The SMILES string of the molecule is CC[C@@H](N)c1ccccc1Sc1ccccc1Br. The molecule has 0 unspecified atom stereocenters. The molecule has 0 saturated heterocycles. The van der Waals surface area contributed by atoms with Crippen LogP contribution in [-0.2, 0) is 0 Å². The maximum absolute atomic E-state index is 6.16. The topological polar surface area (TPSA) is 26.0 Å². The number of benzene rings is 2. The number of rotatable bonds is 4. The van der Waals surface area contributed by atoms with Crippen molar-refractivity contribution in [2.45, 2.75) is 29.2 Å². The fraction of sp³-hybridized carbons (Fsp3) is 0.200. The van der Waals surface area contributed by atoms with Gasteiger partial charge in [-0.25, -0.2) is 0 Å². The highest BCUT2D eigenvalue weighted by Crippen LogP contribution is 2.36. The van der Waals surface area contributed by atoms with E-state index in [0.717, 1.165) is 10.9 Å². The smallest absolute Gasteiger partial charge is 0.0314 e. The third kappa shape index (κ3) is 3.16. The molecule has 0 saturated carbocycles. The van der Waals surface area contributed by atoms with E-state index in [1.54, 1.807) is 11.8 Å². The molecular formula is C15H16BrNS. The summed E-state index contributed by atoms with van der Waals surface area (Å²) in [6.45, 7) is 2.12. The highest BCUT2D eigenvalue weighted by molar-refractivity contribution is 9.10. The van der Waals surface area contributed by atoms with Crippen LogP contribution < -0.4 is 5.73 Å². The van der Waals surface area contributed by atoms with Crippen LogP contribution in [0.15, 0.2) is 62.8 Å². The van der Waals surface area contributed by atoms with Gasteiger partial charge in [0.25, 0.3) is 0 Å². The lowest BCUT2D eigenvalue weighted by Crippen LogP contribution is -2.09. The van der Waals surface area contributed by atoms with Gasteiger partial charge in [0, 0.05) is 20.3 Å². The van der Waals surface area contributed by atoms with Crippen molar-refractivity contribution in [3.05, 3.63) is 58.6 Å². The van der Waals surface area contributed by atoms with Gasteiger partial charge in [-0.05, 0) is 46.1 Å². The fourth-order valence-electron chi connectivity index (χ4n) is 1.75. The molecule has 1 atom stereocenters. The van der Waals surface area contributed by atoms with Crippen molar-refractivity contribution in [3.63, 3.8) is 0 Å². The second-order valence-electron chi connectivity index (χ2n) is 4.09. The third-order valence-corrected chi connectivity index (χ3v) is 4.94. The number of hydrogen-bond acceptors (Lipinski definition) is 2. The fourth-order valence-corrected chi connectivity index (χ4v) is 3.31. The van der Waals surface area contributed by atoms with Gasteiger partial charge in [-0.3, -0.25) is 0 Å². The summed E-state index contributed by atoms with van der Waals surface area (Å²) in [6, 6.07) is 16.7. The van der Waals surface area contributed by atoms with Crippen LogP contribution in [-0.4, -0.2) is 0 Å². The summed E-state index contributed by atoms with van der Waals surface area (Å²) in [4.78, 5) is 2.45. The Morgan fingerprint density at radius 2 is 1.67 bits per heavy atom. The largest absolute Gasteiger partial charge is 0.324 e.